The van der Waals surface area contributed by atoms with Crippen LogP contribution in [0.5, 0.6) is 5.75 Å². The molecule has 0 unspecified atom stereocenters. The Morgan fingerprint density at radius 1 is 1.53 bits per heavy atom. The first-order valence-electron chi connectivity index (χ1n) is 5.22. The number of methoxy groups -OCH3 is 1. The normalized spacial score (nSPS) is 10.1. The second-order valence-corrected chi connectivity index (χ2v) is 4.27. The van der Waals surface area contributed by atoms with Crippen molar-refractivity contribution in [3.63, 3.8) is 0 Å². The van der Waals surface area contributed by atoms with Crippen LogP contribution >= 0.6 is 11.6 Å². The molecule has 0 aliphatic rings. The molecule has 1 N–H and O–H groups in total. The molecule has 0 atom stereocenters. The van der Waals surface area contributed by atoms with Crippen LogP contribution in [0.15, 0.2) is 12.1 Å². The van der Waals surface area contributed by atoms with Crippen molar-refractivity contribution in [3.8, 4) is 5.75 Å². The monoisotopic (exact) mass is 257 g/mol. The fraction of sp³-hybridized carbons (Fsp3) is 0.417. The zero-order valence-electron chi connectivity index (χ0n) is 10.2. The number of hydrogen-bond acceptors (Lipinski definition) is 2. The minimum absolute atomic E-state index is 0.408. The molecule has 5 heteroatoms. The van der Waals surface area contributed by atoms with Crippen LogP contribution in [0.25, 0.3) is 0 Å². The number of amides is 1. The van der Waals surface area contributed by atoms with Crippen LogP contribution in [-0.2, 0) is 6.42 Å². The van der Waals surface area contributed by atoms with Crippen molar-refractivity contribution in [1.82, 2.24) is 4.90 Å². The topological polar surface area (TPSA) is 49.8 Å². The maximum Gasteiger partial charge on any atom is 0.407 e. The van der Waals surface area contributed by atoms with Crippen molar-refractivity contribution in [2.75, 3.05) is 20.7 Å². The van der Waals surface area contributed by atoms with Crippen LogP contribution in [0.4, 0.5) is 4.79 Å². The molecule has 0 spiro atoms. The lowest BCUT2D eigenvalue weighted by Crippen LogP contribution is -2.26. The Labute approximate surface area is 106 Å². The van der Waals surface area contributed by atoms with Crippen LogP contribution in [0.1, 0.15) is 11.1 Å². The third-order valence-corrected chi connectivity index (χ3v) is 3.01. The van der Waals surface area contributed by atoms with E-state index in [1.54, 1.807) is 7.11 Å². The quantitative estimate of drug-likeness (QED) is 0.902. The number of carbonyl (C=O) groups is 1. The van der Waals surface area contributed by atoms with Gasteiger partial charge in [0, 0.05) is 18.6 Å². The molecule has 0 fully saturated rings. The lowest BCUT2D eigenvalue weighted by atomic mass is 10.1. The van der Waals surface area contributed by atoms with Gasteiger partial charge in [-0.3, -0.25) is 0 Å². The fourth-order valence-electron chi connectivity index (χ4n) is 1.47. The SMILES string of the molecule is COc1cc(C)c(Cl)cc1CCN(C)C(=O)O. The summed E-state index contributed by atoms with van der Waals surface area (Å²) >= 11 is 6.04. The van der Waals surface area contributed by atoms with Gasteiger partial charge in [-0.1, -0.05) is 11.6 Å². The van der Waals surface area contributed by atoms with Gasteiger partial charge in [-0.25, -0.2) is 4.79 Å². The number of rotatable bonds is 4. The highest BCUT2D eigenvalue weighted by molar-refractivity contribution is 6.31. The number of hydrogen-bond donors (Lipinski definition) is 1. The van der Waals surface area contributed by atoms with Gasteiger partial charge in [0.05, 0.1) is 7.11 Å². The Morgan fingerprint density at radius 3 is 2.71 bits per heavy atom. The van der Waals surface area contributed by atoms with E-state index in [9.17, 15) is 4.79 Å². The largest absolute Gasteiger partial charge is 0.496 e. The zero-order chi connectivity index (χ0) is 13.0. The van der Waals surface area contributed by atoms with E-state index in [0.29, 0.717) is 18.0 Å². The summed E-state index contributed by atoms with van der Waals surface area (Å²) in [5.41, 5.74) is 1.86. The van der Waals surface area contributed by atoms with Gasteiger partial charge in [0.25, 0.3) is 0 Å². The van der Waals surface area contributed by atoms with Gasteiger partial charge >= 0.3 is 6.09 Å². The molecule has 94 valence electrons. The fourth-order valence-corrected chi connectivity index (χ4v) is 1.65. The number of benzene rings is 1. The van der Waals surface area contributed by atoms with Gasteiger partial charge in [-0.15, -0.1) is 0 Å². The summed E-state index contributed by atoms with van der Waals surface area (Å²) in [5.74, 6) is 0.741. The molecule has 0 aliphatic carbocycles. The van der Waals surface area contributed by atoms with Crippen LogP contribution < -0.4 is 4.74 Å². The minimum Gasteiger partial charge on any atom is -0.496 e. The minimum atomic E-state index is -0.942. The van der Waals surface area contributed by atoms with E-state index in [4.69, 9.17) is 21.4 Å². The van der Waals surface area contributed by atoms with Crippen molar-refractivity contribution >= 4 is 17.7 Å². The molecular formula is C12H16ClNO3. The van der Waals surface area contributed by atoms with E-state index in [2.05, 4.69) is 0 Å². The standard InChI is InChI=1S/C12H16ClNO3/c1-8-6-11(17-3)9(7-10(8)13)4-5-14(2)12(15)16/h6-7H,4-5H2,1-3H3,(H,15,16). The van der Waals surface area contributed by atoms with Gasteiger partial charge in [0.1, 0.15) is 5.75 Å². The van der Waals surface area contributed by atoms with E-state index in [-0.39, 0.29) is 0 Å². The Hall–Kier alpha value is -1.42. The van der Waals surface area contributed by atoms with Gasteiger partial charge in [-0.05, 0) is 36.6 Å². The molecule has 1 amide bonds. The average Bonchev–Trinajstić information content (AvgIpc) is 2.29. The van der Waals surface area contributed by atoms with Crippen molar-refractivity contribution in [2.24, 2.45) is 0 Å². The Morgan fingerprint density at radius 2 is 2.18 bits per heavy atom. The molecule has 1 aromatic rings. The summed E-state index contributed by atoms with van der Waals surface area (Å²) in [6, 6.07) is 3.68. The molecule has 0 heterocycles. The first-order valence-corrected chi connectivity index (χ1v) is 5.60. The highest BCUT2D eigenvalue weighted by Gasteiger charge is 2.10. The molecule has 0 saturated carbocycles. The molecule has 0 radical (unpaired) electrons. The van der Waals surface area contributed by atoms with E-state index in [0.717, 1.165) is 16.9 Å². The van der Waals surface area contributed by atoms with Gasteiger partial charge in [-0.2, -0.15) is 0 Å². The summed E-state index contributed by atoms with van der Waals surface area (Å²) in [6.07, 6.45) is -0.367. The Kier molecular flexibility index (Phi) is 4.63. The summed E-state index contributed by atoms with van der Waals surface area (Å²) in [6.45, 7) is 2.31. The molecule has 4 nitrogen and oxygen atoms in total. The number of carboxylic acid groups (broad SMARTS) is 1. The predicted molar refractivity (Wildman–Crippen MR) is 67.1 cm³/mol. The third kappa shape index (κ3) is 3.53. The zero-order valence-corrected chi connectivity index (χ0v) is 10.9. The lowest BCUT2D eigenvalue weighted by Gasteiger charge is -2.15. The second kappa shape index (κ2) is 5.77. The summed E-state index contributed by atoms with van der Waals surface area (Å²) in [5, 5.41) is 9.42. The molecule has 0 saturated heterocycles. The molecule has 0 aromatic heterocycles. The van der Waals surface area contributed by atoms with Crippen molar-refractivity contribution in [1.29, 1.82) is 0 Å². The number of ether oxygens (including phenoxy) is 1. The Bertz CT molecular complexity index is 420. The van der Waals surface area contributed by atoms with E-state index < -0.39 is 6.09 Å². The smallest absolute Gasteiger partial charge is 0.407 e. The molecule has 1 rings (SSSR count). The molecular weight excluding hydrogens is 242 g/mol. The van der Waals surface area contributed by atoms with E-state index in [1.165, 1.54) is 11.9 Å². The van der Waals surface area contributed by atoms with Crippen LogP contribution in [0.2, 0.25) is 5.02 Å². The average molecular weight is 258 g/mol. The predicted octanol–water partition coefficient (Wildman–Crippen LogP) is 2.81. The lowest BCUT2D eigenvalue weighted by molar-refractivity contribution is 0.156. The van der Waals surface area contributed by atoms with Crippen LogP contribution in [0, 0.1) is 6.92 Å². The van der Waals surface area contributed by atoms with Gasteiger partial charge in [0.15, 0.2) is 0 Å². The maximum absolute atomic E-state index is 10.7. The summed E-state index contributed by atoms with van der Waals surface area (Å²) in [7, 11) is 3.12. The molecule has 0 bridgehead atoms. The first-order chi connectivity index (χ1) is 7.95. The Balaban J connectivity index is 2.83. The number of nitrogens with zero attached hydrogens (tertiary/aromatic N) is 1. The highest BCUT2D eigenvalue weighted by atomic mass is 35.5. The maximum atomic E-state index is 10.7. The van der Waals surface area contributed by atoms with Crippen molar-refractivity contribution in [2.45, 2.75) is 13.3 Å². The number of halogens is 1. The first kappa shape index (κ1) is 13.6. The highest BCUT2D eigenvalue weighted by Crippen LogP contribution is 2.26. The van der Waals surface area contributed by atoms with Gasteiger partial charge in [0.2, 0.25) is 0 Å². The molecule has 1 aromatic carbocycles. The molecule has 0 aliphatic heterocycles. The van der Waals surface area contributed by atoms with Crippen molar-refractivity contribution in [3.05, 3.63) is 28.3 Å². The second-order valence-electron chi connectivity index (χ2n) is 3.87. The van der Waals surface area contributed by atoms with Crippen LogP contribution in [0.3, 0.4) is 0 Å². The van der Waals surface area contributed by atoms with Crippen molar-refractivity contribution < 1.29 is 14.6 Å². The van der Waals surface area contributed by atoms with E-state index >= 15 is 0 Å². The summed E-state index contributed by atoms with van der Waals surface area (Å²) in [4.78, 5) is 11.9. The summed E-state index contributed by atoms with van der Waals surface area (Å²) < 4.78 is 5.25. The van der Waals surface area contributed by atoms with Crippen LogP contribution in [-0.4, -0.2) is 36.8 Å². The third-order valence-electron chi connectivity index (χ3n) is 2.60. The van der Waals surface area contributed by atoms with E-state index in [1.807, 2.05) is 19.1 Å². The molecule has 17 heavy (non-hydrogen) atoms. The number of likely N-dealkylation sites (N-methyl/N-ethyl adjacent to an activating group) is 1. The number of aryl methyl sites for hydroxylation is 1. The van der Waals surface area contributed by atoms with Gasteiger partial charge < -0.3 is 14.7 Å².